The molecule has 5 nitrogen and oxygen atoms in total. The van der Waals surface area contributed by atoms with Crippen molar-refractivity contribution in [3.8, 4) is 11.8 Å². The molecule has 0 spiro atoms. The van der Waals surface area contributed by atoms with Crippen LogP contribution in [0.3, 0.4) is 0 Å². The smallest absolute Gasteiger partial charge is 0.263 e. The first-order chi connectivity index (χ1) is 9.51. The van der Waals surface area contributed by atoms with Crippen LogP contribution in [-0.2, 0) is 10.0 Å². The summed E-state index contributed by atoms with van der Waals surface area (Å²) in [5, 5.41) is 9.12. The fourth-order valence-corrected chi connectivity index (χ4v) is 3.55. The average Bonchev–Trinajstić information content (AvgIpc) is 2.83. The summed E-state index contributed by atoms with van der Waals surface area (Å²) in [5.41, 5.74) is 0. The molecule has 0 bridgehead atoms. The molecule has 0 unspecified atom stereocenters. The van der Waals surface area contributed by atoms with Crippen molar-refractivity contribution >= 4 is 38.1 Å². The zero-order valence-electron chi connectivity index (χ0n) is 10.00. The Hall–Kier alpha value is -1.59. The number of aromatic nitrogens is 1. The molecule has 0 radical (unpaired) electrons. The van der Waals surface area contributed by atoms with Gasteiger partial charge in [0.2, 0.25) is 0 Å². The second kappa shape index (κ2) is 6.24. The molecule has 2 N–H and O–H groups in total. The number of anilines is 1. The number of nitrogens with zero attached hydrogens (tertiary/aromatic N) is 1. The Morgan fingerprint density at radius 3 is 2.95 bits per heavy atom. The van der Waals surface area contributed by atoms with E-state index in [9.17, 15) is 8.42 Å². The molecule has 0 fully saturated rings. The molecule has 0 aliphatic heterocycles. The maximum atomic E-state index is 12.1. The number of aliphatic hydroxyl groups excluding tert-OH is 1. The third kappa shape index (κ3) is 3.71. The number of rotatable bonds is 3. The van der Waals surface area contributed by atoms with Gasteiger partial charge in [0.05, 0.1) is 16.0 Å². The monoisotopic (exact) mass is 328 g/mol. The Morgan fingerprint density at radius 1 is 1.45 bits per heavy atom. The lowest BCUT2D eigenvalue weighted by molar-refractivity contribution is 0.350. The standard InChI is InChI=1S/C12H9ClN2O3S2/c13-9-3-1-5-11(7-9)20(17,18)15-12-14-8-10(19-12)4-2-6-16/h1,3,5,7-8,16H,6H2,(H,14,15). The van der Waals surface area contributed by atoms with E-state index in [-0.39, 0.29) is 16.6 Å². The quantitative estimate of drug-likeness (QED) is 0.844. The molecule has 0 saturated heterocycles. The van der Waals surface area contributed by atoms with E-state index in [1.807, 2.05) is 0 Å². The number of sulfonamides is 1. The molecule has 104 valence electrons. The van der Waals surface area contributed by atoms with E-state index in [2.05, 4.69) is 21.5 Å². The van der Waals surface area contributed by atoms with E-state index < -0.39 is 10.0 Å². The topological polar surface area (TPSA) is 79.3 Å². The molecular formula is C12H9ClN2O3S2. The van der Waals surface area contributed by atoms with Crippen LogP contribution < -0.4 is 4.72 Å². The van der Waals surface area contributed by atoms with Gasteiger partial charge in [0.25, 0.3) is 10.0 Å². The second-order valence-corrected chi connectivity index (χ2v) is 6.70. The fourth-order valence-electron chi connectivity index (χ4n) is 1.31. The van der Waals surface area contributed by atoms with Gasteiger partial charge in [-0.25, -0.2) is 13.4 Å². The highest BCUT2D eigenvalue weighted by molar-refractivity contribution is 7.93. The van der Waals surface area contributed by atoms with Crippen LogP contribution >= 0.6 is 22.9 Å². The minimum Gasteiger partial charge on any atom is -0.384 e. The van der Waals surface area contributed by atoms with E-state index in [4.69, 9.17) is 16.7 Å². The van der Waals surface area contributed by atoms with Crippen molar-refractivity contribution in [1.82, 2.24) is 4.98 Å². The zero-order valence-corrected chi connectivity index (χ0v) is 12.4. The predicted octanol–water partition coefficient (Wildman–Crippen LogP) is 1.94. The number of benzene rings is 1. The summed E-state index contributed by atoms with van der Waals surface area (Å²) in [6.07, 6.45) is 1.43. The lowest BCUT2D eigenvalue weighted by Crippen LogP contribution is -2.12. The maximum Gasteiger partial charge on any atom is 0.263 e. The summed E-state index contributed by atoms with van der Waals surface area (Å²) < 4.78 is 26.5. The van der Waals surface area contributed by atoms with Crippen LogP contribution in [0, 0.1) is 11.8 Å². The van der Waals surface area contributed by atoms with Crippen LogP contribution in [0.1, 0.15) is 4.88 Å². The molecule has 0 aliphatic rings. The Kier molecular flexibility index (Phi) is 4.62. The largest absolute Gasteiger partial charge is 0.384 e. The summed E-state index contributed by atoms with van der Waals surface area (Å²) in [7, 11) is -3.73. The highest BCUT2D eigenvalue weighted by Crippen LogP contribution is 2.22. The van der Waals surface area contributed by atoms with Gasteiger partial charge in [-0.3, -0.25) is 4.72 Å². The number of hydrogen-bond donors (Lipinski definition) is 2. The Balaban J connectivity index is 2.22. The van der Waals surface area contributed by atoms with Gasteiger partial charge in [0.1, 0.15) is 6.61 Å². The number of nitrogens with one attached hydrogen (secondary N) is 1. The highest BCUT2D eigenvalue weighted by Gasteiger charge is 2.16. The summed E-state index contributed by atoms with van der Waals surface area (Å²) in [4.78, 5) is 4.53. The van der Waals surface area contributed by atoms with Gasteiger partial charge in [0, 0.05) is 5.02 Å². The Bertz CT molecular complexity index is 775. The maximum absolute atomic E-state index is 12.1. The molecule has 8 heteroatoms. The van der Waals surface area contributed by atoms with Gasteiger partial charge in [-0.2, -0.15) is 0 Å². The average molecular weight is 329 g/mol. The normalized spacial score (nSPS) is 10.7. The highest BCUT2D eigenvalue weighted by atomic mass is 35.5. The van der Waals surface area contributed by atoms with Crippen LogP contribution in [0.5, 0.6) is 0 Å². The first-order valence-corrected chi connectivity index (χ1v) is 8.03. The molecule has 0 amide bonds. The molecular weight excluding hydrogens is 320 g/mol. The van der Waals surface area contributed by atoms with Crippen molar-refractivity contribution in [2.75, 3.05) is 11.3 Å². The van der Waals surface area contributed by atoms with E-state index in [1.54, 1.807) is 12.1 Å². The van der Waals surface area contributed by atoms with E-state index in [0.29, 0.717) is 9.90 Å². The molecule has 2 aromatic rings. The summed E-state index contributed by atoms with van der Waals surface area (Å²) in [6.45, 7) is -0.262. The molecule has 20 heavy (non-hydrogen) atoms. The van der Waals surface area contributed by atoms with E-state index in [1.165, 1.54) is 18.3 Å². The third-order valence-electron chi connectivity index (χ3n) is 2.12. The number of hydrogen-bond acceptors (Lipinski definition) is 5. The minimum atomic E-state index is -3.73. The lowest BCUT2D eigenvalue weighted by atomic mass is 10.4. The number of halogens is 1. The molecule has 0 atom stereocenters. The van der Waals surface area contributed by atoms with Crippen molar-refractivity contribution in [2.24, 2.45) is 0 Å². The van der Waals surface area contributed by atoms with E-state index in [0.717, 1.165) is 11.3 Å². The zero-order chi connectivity index (χ0) is 14.6. The van der Waals surface area contributed by atoms with Gasteiger partial charge in [0.15, 0.2) is 5.13 Å². The first-order valence-electron chi connectivity index (χ1n) is 5.35. The lowest BCUT2D eigenvalue weighted by Gasteiger charge is -2.04. The van der Waals surface area contributed by atoms with Crippen molar-refractivity contribution in [3.05, 3.63) is 40.4 Å². The number of thiazole rings is 1. The van der Waals surface area contributed by atoms with Gasteiger partial charge in [-0.05, 0) is 18.2 Å². The number of aliphatic hydroxyl groups is 1. The van der Waals surface area contributed by atoms with E-state index >= 15 is 0 Å². The molecule has 1 aromatic carbocycles. The van der Waals surface area contributed by atoms with Gasteiger partial charge < -0.3 is 5.11 Å². The van der Waals surface area contributed by atoms with Crippen molar-refractivity contribution < 1.29 is 13.5 Å². The van der Waals surface area contributed by atoms with Gasteiger partial charge in [-0.1, -0.05) is 40.8 Å². The predicted molar refractivity (Wildman–Crippen MR) is 78.3 cm³/mol. The molecule has 2 rings (SSSR count). The van der Waals surface area contributed by atoms with Crippen LogP contribution in [0.2, 0.25) is 5.02 Å². The molecule has 1 heterocycles. The second-order valence-electron chi connectivity index (χ2n) is 3.55. The molecule has 0 saturated carbocycles. The molecule has 1 aromatic heterocycles. The van der Waals surface area contributed by atoms with Crippen LogP contribution in [-0.4, -0.2) is 25.1 Å². The van der Waals surface area contributed by atoms with Crippen LogP contribution in [0.25, 0.3) is 0 Å². The SMILES string of the molecule is O=S(=O)(Nc1ncc(C#CCO)s1)c1cccc(Cl)c1. The first kappa shape index (κ1) is 14.8. The van der Waals surface area contributed by atoms with Crippen molar-refractivity contribution in [3.63, 3.8) is 0 Å². The van der Waals surface area contributed by atoms with Crippen LogP contribution in [0.4, 0.5) is 5.13 Å². The Morgan fingerprint density at radius 2 is 2.25 bits per heavy atom. The van der Waals surface area contributed by atoms with Crippen LogP contribution in [0.15, 0.2) is 35.4 Å². The third-order valence-corrected chi connectivity index (χ3v) is 4.65. The molecule has 0 aliphatic carbocycles. The van der Waals surface area contributed by atoms with Crippen molar-refractivity contribution in [1.29, 1.82) is 0 Å². The summed E-state index contributed by atoms with van der Waals surface area (Å²) >= 11 is 6.85. The van der Waals surface area contributed by atoms with Gasteiger partial charge in [-0.15, -0.1) is 0 Å². The fraction of sp³-hybridized carbons (Fsp3) is 0.0833. The van der Waals surface area contributed by atoms with Crippen molar-refractivity contribution in [2.45, 2.75) is 4.90 Å². The van der Waals surface area contributed by atoms with Gasteiger partial charge >= 0.3 is 0 Å². The summed E-state index contributed by atoms with van der Waals surface area (Å²) in [6, 6.07) is 5.93. The summed E-state index contributed by atoms with van der Waals surface area (Å²) in [5.74, 6) is 5.11. The minimum absolute atomic E-state index is 0.0585. The Labute approximate surface area is 125 Å².